The van der Waals surface area contributed by atoms with Crippen LogP contribution in [0.25, 0.3) is 21.8 Å². The number of fused-ring (bicyclic) bond motifs is 2. The van der Waals surface area contributed by atoms with E-state index in [-0.39, 0.29) is 12.1 Å². The number of alkyl halides is 3. The molecule has 0 aliphatic carbocycles. The molecule has 50 heavy (non-hydrogen) atoms. The van der Waals surface area contributed by atoms with Crippen LogP contribution in [0, 0.1) is 0 Å². The summed E-state index contributed by atoms with van der Waals surface area (Å²) in [6.07, 6.45) is 4.32. The van der Waals surface area contributed by atoms with Gasteiger partial charge in [0.1, 0.15) is 5.75 Å². The first-order chi connectivity index (χ1) is 24.4. The Morgan fingerprint density at radius 1 is 0.700 bits per heavy atom. The quantitative estimate of drug-likeness (QED) is 0.174. The van der Waals surface area contributed by atoms with Gasteiger partial charge in [0.2, 0.25) is 0 Å². The van der Waals surface area contributed by atoms with Gasteiger partial charge < -0.3 is 24.1 Å². The van der Waals surface area contributed by atoms with Crippen LogP contribution in [0.1, 0.15) is 65.3 Å². The summed E-state index contributed by atoms with van der Waals surface area (Å²) in [7, 11) is 1.74. The normalized spacial score (nSPS) is 16.4. The Morgan fingerprint density at radius 3 is 1.92 bits per heavy atom. The zero-order chi connectivity index (χ0) is 34.2. The van der Waals surface area contributed by atoms with E-state index in [0.717, 1.165) is 67.9 Å². The lowest BCUT2D eigenvalue weighted by Gasteiger charge is -2.34. The zero-order valence-corrected chi connectivity index (χ0v) is 28.4. The van der Waals surface area contributed by atoms with E-state index in [9.17, 15) is 13.2 Å². The second-order valence-electron chi connectivity index (χ2n) is 13.9. The predicted molar refractivity (Wildman–Crippen MR) is 196 cm³/mol. The molecule has 8 heteroatoms. The number of hydrogen-bond donors (Lipinski definition) is 1. The molecule has 0 radical (unpaired) electrons. The first-order valence-corrected chi connectivity index (χ1v) is 17.8. The number of nitrogens with one attached hydrogen (secondary N) is 1. The van der Waals surface area contributed by atoms with Crippen LogP contribution in [0.5, 0.6) is 5.75 Å². The number of rotatable bonds is 8. The van der Waals surface area contributed by atoms with Crippen molar-refractivity contribution in [2.24, 2.45) is 0 Å². The van der Waals surface area contributed by atoms with Crippen molar-refractivity contribution in [1.82, 2.24) is 14.5 Å². The number of anilines is 1. The third kappa shape index (κ3) is 6.26. The van der Waals surface area contributed by atoms with Gasteiger partial charge in [-0.25, -0.2) is 0 Å². The summed E-state index contributed by atoms with van der Waals surface area (Å²) in [4.78, 5) is 2.44. The average Bonchev–Trinajstić information content (AvgIpc) is 3.70. The summed E-state index contributed by atoms with van der Waals surface area (Å²) < 4.78 is 51.8. The van der Waals surface area contributed by atoms with Crippen molar-refractivity contribution in [3.8, 4) is 5.75 Å². The van der Waals surface area contributed by atoms with E-state index >= 15 is 0 Å². The van der Waals surface area contributed by atoms with Crippen molar-refractivity contribution in [1.29, 1.82) is 0 Å². The van der Waals surface area contributed by atoms with Gasteiger partial charge in [0, 0.05) is 60.4 Å². The van der Waals surface area contributed by atoms with Crippen molar-refractivity contribution in [3.63, 3.8) is 0 Å². The number of benzene rings is 4. The number of ether oxygens (including phenoxy) is 1. The highest BCUT2D eigenvalue weighted by Gasteiger charge is 2.33. The highest BCUT2D eigenvalue weighted by molar-refractivity contribution is 5.85. The molecule has 2 aliphatic rings. The minimum Gasteiger partial charge on any atom is -0.495 e. The van der Waals surface area contributed by atoms with Gasteiger partial charge in [0.25, 0.3) is 0 Å². The molecule has 5 nitrogen and oxygen atoms in total. The lowest BCUT2D eigenvalue weighted by molar-refractivity contribution is -0.138. The van der Waals surface area contributed by atoms with Gasteiger partial charge in [-0.05, 0) is 103 Å². The van der Waals surface area contributed by atoms with Crippen LogP contribution in [-0.2, 0) is 19.3 Å². The van der Waals surface area contributed by atoms with E-state index < -0.39 is 11.7 Å². The van der Waals surface area contributed by atoms with Gasteiger partial charge in [-0.15, -0.1) is 0 Å². The fraction of sp³-hybridized carbons (Fsp3) is 0.333. The first kappa shape index (κ1) is 32.5. The summed E-state index contributed by atoms with van der Waals surface area (Å²) in [5.74, 6) is 1.77. The van der Waals surface area contributed by atoms with Gasteiger partial charge in [0.05, 0.1) is 18.4 Å². The second kappa shape index (κ2) is 13.6. The molecule has 2 aromatic heterocycles. The number of nitrogens with zero attached hydrogens (tertiary/aromatic N) is 3. The van der Waals surface area contributed by atoms with Crippen molar-refractivity contribution in [2.45, 2.75) is 56.8 Å². The topological polar surface area (TPSA) is 34.4 Å². The van der Waals surface area contributed by atoms with Gasteiger partial charge >= 0.3 is 6.18 Å². The fourth-order valence-electron chi connectivity index (χ4n) is 8.42. The monoisotopic (exact) mass is 676 g/mol. The largest absolute Gasteiger partial charge is 0.495 e. The molecule has 258 valence electrons. The number of para-hydroxylation sites is 2. The standard InChI is InChI=1S/C42H43F3N4O/c1-50-41-15-14-29(25-48-27-35(30-16-20-46-21-17-30)33-9-3-6-12-38(33)48)24-40(41)47-22-18-31(19-23-47)36-28-49(39-13-7-4-10-34(36)39)26-32-8-2-5-11-37(32)42(43,44)45/h2-15,24,27-28,30-31,46H,16-23,25-26H2,1H3. The predicted octanol–water partition coefficient (Wildman–Crippen LogP) is 9.57. The number of methoxy groups -OCH3 is 1. The highest BCUT2D eigenvalue weighted by atomic mass is 19.4. The van der Waals surface area contributed by atoms with E-state index in [1.165, 1.54) is 52.6 Å². The summed E-state index contributed by atoms with van der Waals surface area (Å²) >= 11 is 0. The SMILES string of the molecule is COc1ccc(Cn2cc(C3CCNCC3)c3ccccc32)cc1N1CCC(c2cn(Cc3ccccc3C(F)(F)F)c3ccccc23)CC1. The maximum atomic E-state index is 13.8. The van der Waals surface area contributed by atoms with Gasteiger partial charge in [-0.2, -0.15) is 13.2 Å². The molecule has 4 heterocycles. The van der Waals surface area contributed by atoms with Crippen LogP contribution in [0.3, 0.4) is 0 Å². The number of aromatic nitrogens is 2. The molecule has 2 fully saturated rings. The smallest absolute Gasteiger partial charge is 0.416 e. The molecule has 8 rings (SSSR count). The van der Waals surface area contributed by atoms with Crippen LogP contribution in [0.15, 0.2) is 103 Å². The molecular formula is C42H43F3N4O. The Hall–Kier alpha value is -4.69. The van der Waals surface area contributed by atoms with Crippen LogP contribution in [0.4, 0.5) is 18.9 Å². The summed E-state index contributed by atoms with van der Waals surface area (Å²) in [6.45, 7) is 4.84. The van der Waals surface area contributed by atoms with Gasteiger partial charge in [-0.3, -0.25) is 0 Å². The van der Waals surface area contributed by atoms with E-state index in [1.54, 1.807) is 19.2 Å². The molecule has 4 aromatic carbocycles. The lowest BCUT2D eigenvalue weighted by atomic mass is 9.89. The Labute approximate surface area is 291 Å². The van der Waals surface area contributed by atoms with Crippen LogP contribution < -0.4 is 15.0 Å². The van der Waals surface area contributed by atoms with E-state index in [4.69, 9.17) is 4.74 Å². The summed E-state index contributed by atoms with van der Waals surface area (Å²) in [5, 5.41) is 5.99. The van der Waals surface area contributed by atoms with E-state index in [2.05, 4.69) is 75.7 Å². The minimum atomic E-state index is -4.39. The summed E-state index contributed by atoms with van der Waals surface area (Å²) in [5.41, 5.74) is 6.99. The van der Waals surface area contributed by atoms with Crippen LogP contribution >= 0.6 is 0 Å². The van der Waals surface area contributed by atoms with E-state index in [0.29, 0.717) is 11.8 Å². The molecule has 1 N–H and O–H groups in total. The number of piperidine rings is 2. The Morgan fingerprint density at radius 2 is 1.28 bits per heavy atom. The molecule has 0 spiro atoms. The minimum absolute atomic E-state index is 0.176. The average molecular weight is 677 g/mol. The zero-order valence-electron chi connectivity index (χ0n) is 28.4. The van der Waals surface area contributed by atoms with Crippen molar-refractivity contribution in [2.75, 3.05) is 38.2 Å². The van der Waals surface area contributed by atoms with Gasteiger partial charge in [0.15, 0.2) is 0 Å². The molecular weight excluding hydrogens is 633 g/mol. The Bertz CT molecular complexity index is 2120. The van der Waals surface area contributed by atoms with Gasteiger partial charge in [-0.1, -0.05) is 60.7 Å². The molecule has 0 atom stereocenters. The molecule has 6 aromatic rings. The highest BCUT2D eigenvalue weighted by Crippen LogP contribution is 2.40. The Balaban J connectivity index is 1.03. The molecule has 0 bridgehead atoms. The first-order valence-electron chi connectivity index (χ1n) is 17.8. The second-order valence-corrected chi connectivity index (χ2v) is 13.9. The number of hydrogen-bond acceptors (Lipinski definition) is 3. The molecule has 0 unspecified atom stereocenters. The van der Waals surface area contributed by atoms with E-state index in [1.807, 2.05) is 22.8 Å². The third-order valence-electron chi connectivity index (χ3n) is 11.0. The molecule has 2 saturated heterocycles. The van der Waals surface area contributed by atoms with Crippen molar-refractivity contribution >= 4 is 27.5 Å². The lowest BCUT2D eigenvalue weighted by Crippen LogP contribution is -2.33. The third-order valence-corrected chi connectivity index (χ3v) is 11.0. The maximum Gasteiger partial charge on any atom is 0.416 e. The van der Waals surface area contributed by atoms with Crippen molar-refractivity contribution in [3.05, 3.63) is 131 Å². The molecule has 2 aliphatic heterocycles. The van der Waals surface area contributed by atoms with Crippen molar-refractivity contribution < 1.29 is 17.9 Å². The maximum absolute atomic E-state index is 13.8. The molecule has 0 amide bonds. The summed E-state index contributed by atoms with van der Waals surface area (Å²) in [6, 6.07) is 29.4. The molecule has 0 saturated carbocycles. The van der Waals surface area contributed by atoms with Crippen LogP contribution in [-0.4, -0.2) is 42.4 Å². The van der Waals surface area contributed by atoms with Crippen LogP contribution in [0.2, 0.25) is 0 Å². The Kier molecular flexibility index (Phi) is 8.81. The number of halogens is 3. The fourth-order valence-corrected chi connectivity index (χ4v) is 8.42.